The van der Waals surface area contributed by atoms with E-state index in [2.05, 4.69) is 31.4 Å². The van der Waals surface area contributed by atoms with Gasteiger partial charge in [0, 0.05) is 11.8 Å². The van der Waals surface area contributed by atoms with Gasteiger partial charge in [-0.1, -0.05) is 24.6 Å². The molecule has 1 aromatic rings. The van der Waals surface area contributed by atoms with Gasteiger partial charge in [-0.25, -0.2) is 0 Å². The number of thioether (sulfide) groups is 1. The van der Waals surface area contributed by atoms with Crippen LogP contribution in [0, 0.1) is 6.92 Å². The topological polar surface area (TPSA) is 47.3 Å². The van der Waals surface area contributed by atoms with E-state index in [9.17, 15) is 0 Å². The number of hydrogen-bond acceptors (Lipinski definition) is 4. The molecule has 0 saturated carbocycles. The summed E-state index contributed by atoms with van der Waals surface area (Å²) in [5, 5.41) is 0. The van der Waals surface area contributed by atoms with Crippen molar-refractivity contribution in [2.75, 3.05) is 18.6 Å². The minimum Gasteiger partial charge on any atom is -0.496 e. The standard InChI is InChI=1S/C13H22N2OS/c1-4-17-9-12(15-14)8-11-7-10(2)5-6-13(11)16-3/h5-7,12,15H,4,8-9,14H2,1-3H3. The second-order valence-corrected chi connectivity index (χ2v) is 5.36. The van der Waals surface area contributed by atoms with Crippen LogP contribution in [-0.4, -0.2) is 24.7 Å². The van der Waals surface area contributed by atoms with Gasteiger partial charge >= 0.3 is 0 Å². The molecule has 0 spiro atoms. The van der Waals surface area contributed by atoms with Crippen molar-refractivity contribution in [1.82, 2.24) is 5.43 Å². The second kappa shape index (κ2) is 7.58. The molecule has 3 N–H and O–H groups in total. The van der Waals surface area contributed by atoms with Crippen molar-refractivity contribution in [3.8, 4) is 5.75 Å². The monoisotopic (exact) mass is 254 g/mol. The van der Waals surface area contributed by atoms with Gasteiger partial charge in [0.2, 0.25) is 0 Å². The molecule has 0 bridgehead atoms. The van der Waals surface area contributed by atoms with E-state index in [0.29, 0.717) is 0 Å². The molecule has 0 saturated heterocycles. The van der Waals surface area contributed by atoms with E-state index in [1.54, 1.807) is 7.11 Å². The molecule has 0 heterocycles. The quantitative estimate of drug-likeness (QED) is 0.578. The average molecular weight is 254 g/mol. The first-order valence-electron chi connectivity index (χ1n) is 5.88. The molecule has 0 amide bonds. The highest BCUT2D eigenvalue weighted by Crippen LogP contribution is 2.21. The number of hydrogen-bond donors (Lipinski definition) is 2. The molecule has 1 atom stereocenters. The maximum absolute atomic E-state index is 5.59. The van der Waals surface area contributed by atoms with Crippen LogP contribution in [0.2, 0.25) is 0 Å². The molecule has 0 aromatic heterocycles. The Bertz CT molecular complexity index is 344. The fraction of sp³-hybridized carbons (Fsp3) is 0.538. The van der Waals surface area contributed by atoms with Crippen LogP contribution in [0.3, 0.4) is 0 Å². The highest BCUT2D eigenvalue weighted by Gasteiger charge is 2.11. The molecule has 17 heavy (non-hydrogen) atoms. The summed E-state index contributed by atoms with van der Waals surface area (Å²) in [5.41, 5.74) is 5.34. The summed E-state index contributed by atoms with van der Waals surface area (Å²) in [6, 6.07) is 6.54. The van der Waals surface area contributed by atoms with Crippen molar-refractivity contribution < 1.29 is 4.74 Å². The summed E-state index contributed by atoms with van der Waals surface area (Å²) in [4.78, 5) is 0. The molecule has 4 heteroatoms. The Hall–Kier alpha value is -0.710. The van der Waals surface area contributed by atoms with Crippen LogP contribution in [0.5, 0.6) is 5.75 Å². The molecular formula is C13H22N2OS. The van der Waals surface area contributed by atoms with Gasteiger partial charge in [0.15, 0.2) is 0 Å². The van der Waals surface area contributed by atoms with Crippen molar-refractivity contribution in [3.05, 3.63) is 29.3 Å². The lowest BCUT2D eigenvalue weighted by Crippen LogP contribution is -2.38. The Morgan fingerprint density at radius 2 is 2.24 bits per heavy atom. The molecule has 0 radical (unpaired) electrons. The number of ether oxygens (including phenoxy) is 1. The van der Waals surface area contributed by atoms with E-state index >= 15 is 0 Å². The van der Waals surface area contributed by atoms with Gasteiger partial charge in [-0.3, -0.25) is 11.3 Å². The number of methoxy groups -OCH3 is 1. The predicted octanol–water partition coefficient (Wildman–Crippen LogP) is 2.13. The molecule has 0 aliphatic rings. The van der Waals surface area contributed by atoms with Crippen LogP contribution in [0.4, 0.5) is 0 Å². The lowest BCUT2D eigenvalue weighted by molar-refractivity contribution is 0.406. The van der Waals surface area contributed by atoms with E-state index in [1.807, 2.05) is 17.8 Å². The predicted molar refractivity (Wildman–Crippen MR) is 75.5 cm³/mol. The highest BCUT2D eigenvalue weighted by atomic mass is 32.2. The lowest BCUT2D eigenvalue weighted by Gasteiger charge is -2.17. The smallest absolute Gasteiger partial charge is 0.122 e. The van der Waals surface area contributed by atoms with Crippen LogP contribution in [0.15, 0.2) is 18.2 Å². The summed E-state index contributed by atoms with van der Waals surface area (Å²) in [6.45, 7) is 4.25. The normalized spacial score (nSPS) is 12.5. The van der Waals surface area contributed by atoms with Crippen LogP contribution in [0.25, 0.3) is 0 Å². The zero-order chi connectivity index (χ0) is 12.7. The summed E-state index contributed by atoms with van der Waals surface area (Å²) < 4.78 is 5.37. The Morgan fingerprint density at radius 3 is 2.82 bits per heavy atom. The number of nitrogens with two attached hydrogens (primary N) is 1. The fourth-order valence-electron chi connectivity index (χ4n) is 1.76. The first-order chi connectivity index (χ1) is 8.21. The lowest BCUT2D eigenvalue weighted by atomic mass is 10.0. The number of rotatable bonds is 7. The van der Waals surface area contributed by atoms with Crippen LogP contribution >= 0.6 is 11.8 Å². The number of benzene rings is 1. The number of aryl methyl sites for hydroxylation is 1. The van der Waals surface area contributed by atoms with Gasteiger partial charge in [-0.2, -0.15) is 11.8 Å². The van der Waals surface area contributed by atoms with Gasteiger partial charge in [0.1, 0.15) is 5.75 Å². The summed E-state index contributed by atoms with van der Waals surface area (Å²) >= 11 is 1.89. The Labute approximate surface area is 108 Å². The van der Waals surface area contributed by atoms with Crippen molar-refractivity contribution >= 4 is 11.8 Å². The maximum Gasteiger partial charge on any atom is 0.122 e. The highest BCUT2D eigenvalue weighted by molar-refractivity contribution is 7.99. The second-order valence-electron chi connectivity index (χ2n) is 4.04. The molecule has 1 unspecified atom stereocenters. The minimum absolute atomic E-state index is 0.288. The molecule has 3 nitrogen and oxygen atoms in total. The first-order valence-corrected chi connectivity index (χ1v) is 7.04. The summed E-state index contributed by atoms with van der Waals surface area (Å²) in [7, 11) is 1.71. The van der Waals surface area contributed by atoms with Gasteiger partial charge < -0.3 is 4.74 Å². The van der Waals surface area contributed by atoms with Gasteiger partial charge in [0.05, 0.1) is 7.11 Å². The van der Waals surface area contributed by atoms with Gasteiger partial charge in [-0.15, -0.1) is 0 Å². The van der Waals surface area contributed by atoms with E-state index in [-0.39, 0.29) is 6.04 Å². The van der Waals surface area contributed by atoms with E-state index in [0.717, 1.165) is 23.7 Å². The SMILES string of the molecule is CCSCC(Cc1cc(C)ccc1OC)NN. The molecular weight excluding hydrogens is 232 g/mol. The van der Waals surface area contributed by atoms with Gasteiger partial charge in [-0.05, 0) is 30.7 Å². The summed E-state index contributed by atoms with van der Waals surface area (Å²) in [6.07, 6.45) is 0.897. The number of hydrazine groups is 1. The Kier molecular flexibility index (Phi) is 6.40. The third-order valence-electron chi connectivity index (χ3n) is 2.66. The Morgan fingerprint density at radius 1 is 1.47 bits per heavy atom. The molecule has 1 rings (SSSR count). The minimum atomic E-state index is 0.288. The van der Waals surface area contributed by atoms with Crippen LogP contribution in [-0.2, 0) is 6.42 Å². The van der Waals surface area contributed by atoms with E-state index < -0.39 is 0 Å². The first kappa shape index (κ1) is 14.4. The zero-order valence-corrected chi connectivity index (χ0v) is 11.6. The number of nitrogens with one attached hydrogen (secondary N) is 1. The fourth-order valence-corrected chi connectivity index (χ4v) is 2.49. The summed E-state index contributed by atoms with van der Waals surface area (Å²) in [5.74, 6) is 8.66. The van der Waals surface area contributed by atoms with E-state index in [4.69, 9.17) is 10.6 Å². The zero-order valence-electron chi connectivity index (χ0n) is 10.8. The largest absolute Gasteiger partial charge is 0.496 e. The molecule has 0 aliphatic carbocycles. The Balaban J connectivity index is 2.73. The molecule has 1 aromatic carbocycles. The van der Waals surface area contributed by atoms with Crippen LogP contribution < -0.4 is 16.0 Å². The molecule has 0 fully saturated rings. The van der Waals surface area contributed by atoms with Crippen LogP contribution in [0.1, 0.15) is 18.1 Å². The maximum atomic E-state index is 5.59. The average Bonchev–Trinajstić information content (AvgIpc) is 2.34. The van der Waals surface area contributed by atoms with Crippen molar-refractivity contribution in [2.45, 2.75) is 26.3 Å². The van der Waals surface area contributed by atoms with Crippen molar-refractivity contribution in [3.63, 3.8) is 0 Å². The van der Waals surface area contributed by atoms with Crippen molar-refractivity contribution in [2.24, 2.45) is 5.84 Å². The molecule has 0 aliphatic heterocycles. The van der Waals surface area contributed by atoms with Crippen molar-refractivity contribution in [1.29, 1.82) is 0 Å². The van der Waals surface area contributed by atoms with E-state index in [1.165, 1.54) is 11.1 Å². The molecule has 96 valence electrons. The third-order valence-corrected chi connectivity index (χ3v) is 3.71. The third kappa shape index (κ3) is 4.58. The van der Waals surface area contributed by atoms with Gasteiger partial charge in [0.25, 0.3) is 0 Å².